The van der Waals surface area contributed by atoms with Crippen molar-refractivity contribution in [2.45, 2.75) is 19.9 Å². The van der Waals surface area contributed by atoms with E-state index in [1.54, 1.807) is 19.1 Å². The first kappa shape index (κ1) is 14.2. The van der Waals surface area contributed by atoms with E-state index in [9.17, 15) is 14.7 Å². The van der Waals surface area contributed by atoms with E-state index in [2.05, 4.69) is 15.6 Å². The van der Waals surface area contributed by atoms with Crippen LogP contribution in [0.3, 0.4) is 0 Å². The Kier molecular flexibility index (Phi) is 4.14. The summed E-state index contributed by atoms with van der Waals surface area (Å²) in [7, 11) is 0. The van der Waals surface area contributed by atoms with Crippen LogP contribution < -0.4 is 5.32 Å². The van der Waals surface area contributed by atoms with E-state index in [-0.39, 0.29) is 11.6 Å². The molecule has 0 aliphatic carbocycles. The highest BCUT2D eigenvalue weighted by molar-refractivity contribution is 7.13. The van der Waals surface area contributed by atoms with Crippen molar-refractivity contribution in [2.75, 3.05) is 6.54 Å². The minimum absolute atomic E-state index is 0.149. The number of likely N-dealkylation sites (N-methyl/N-ethyl adjacent to an activating group) is 1. The van der Waals surface area contributed by atoms with Crippen LogP contribution in [0.1, 0.15) is 30.4 Å². The number of hydrogen-bond donors (Lipinski definition) is 2. The molecule has 0 radical (unpaired) electrons. The molecule has 0 fully saturated rings. The van der Waals surface area contributed by atoms with Gasteiger partial charge in [-0.15, -0.1) is 16.4 Å². The largest absolute Gasteiger partial charge is 0.476 e. The number of carbonyl (C=O) groups excluding carboxylic acids is 1. The molecule has 0 spiro atoms. The average Bonchev–Trinajstić information content (AvgIpc) is 3.06. The zero-order valence-electron chi connectivity index (χ0n) is 11.0. The van der Waals surface area contributed by atoms with Crippen molar-refractivity contribution in [3.05, 3.63) is 23.2 Å². The molecule has 20 heavy (non-hydrogen) atoms. The number of nitrogens with one attached hydrogen (secondary N) is 1. The van der Waals surface area contributed by atoms with Gasteiger partial charge < -0.3 is 10.4 Å². The topological polar surface area (TPSA) is 97.1 Å². The number of thiophene rings is 1. The Morgan fingerprint density at radius 3 is 2.85 bits per heavy atom. The number of carboxylic acids is 1. The number of amides is 1. The van der Waals surface area contributed by atoms with E-state index < -0.39 is 12.0 Å². The Bertz CT molecular complexity index is 621. The number of carbonyl (C=O) groups is 2. The van der Waals surface area contributed by atoms with Crippen molar-refractivity contribution in [1.29, 1.82) is 0 Å². The summed E-state index contributed by atoms with van der Waals surface area (Å²) >= 11 is 1.37. The summed E-state index contributed by atoms with van der Waals surface area (Å²) in [5.74, 6) is -1.39. The molecule has 0 bridgehead atoms. The fourth-order valence-corrected chi connectivity index (χ4v) is 2.55. The lowest BCUT2D eigenvalue weighted by molar-refractivity contribution is -0.124. The Morgan fingerprint density at radius 1 is 1.55 bits per heavy atom. The maximum Gasteiger partial charge on any atom is 0.358 e. The maximum atomic E-state index is 11.9. The number of nitrogens with zero attached hydrogens (tertiary/aromatic N) is 3. The Morgan fingerprint density at radius 2 is 2.30 bits per heavy atom. The third kappa shape index (κ3) is 2.55. The first-order valence-corrected chi connectivity index (χ1v) is 6.94. The van der Waals surface area contributed by atoms with Gasteiger partial charge >= 0.3 is 5.97 Å². The molecule has 1 amide bonds. The molecular weight excluding hydrogens is 280 g/mol. The van der Waals surface area contributed by atoms with Crippen molar-refractivity contribution >= 4 is 23.2 Å². The van der Waals surface area contributed by atoms with Crippen LogP contribution >= 0.6 is 11.3 Å². The molecule has 0 saturated carbocycles. The van der Waals surface area contributed by atoms with Gasteiger partial charge in [-0.2, -0.15) is 0 Å². The van der Waals surface area contributed by atoms with Gasteiger partial charge in [0.05, 0.1) is 4.88 Å². The predicted molar refractivity (Wildman–Crippen MR) is 73.7 cm³/mol. The number of hydrogen-bond acceptors (Lipinski definition) is 5. The Balaban J connectivity index is 2.49. The van der Waals surface area contributed by atoms with E-state index in [4.69, 9.17) is 0 Å². The van der Waals surface area contributed by atoms with Crippen LogP contribution in [0.4, 0.5) is 0 Å². The van der Waals surface area contributed by atoms with Crippen molar-refractivity contribution in [3.63, 3.8) is 0 Å². The van der Waals surface area contributed by atoms with E-state index >= 15 is 0 Å². The van der Waals surface area contributed by atoms with Crippen LogP contribution in [-0.2, 0) is 4.79 Å². The predicted octanol–water partition coefficient (Wildman–Crippen LogP) is 1.40. The average molecular weight is 294 g/mol. The lowest BCUT2D eigenvalue weighted by Crippen LogP contribution is -2.31. The highest BCUT2D eigenvalue weighted by Crippen LogP contribution is 2.29. The number of carboxylic acid groups (broad SMARTS) is 1. The maximum absolute atomic E-state index is 11.9. The summed E-state index contributed by atoms with van der Waals surface area (Å²) in [6.07, 6.45) is 0. The molecule has 0 aliphatic heterocycles. The van der Waals surface area contributed by atoms with Gasteiger partial charge in [0, 0.05) is 6.54 Å². The monoisotopic (exact) mass is 294 g/mol. The lowest BCUT2D eigenvalue weighted by atomic mass is 10.2. The van der Waals surface area contributed by atoms with Crippen LogP contribution in [0, 0.1) is 0 Å². The van der Waals surface area contributed by atoms with Crippen LogP contribution in [0.5, 0.6) is 0 Å². The van der Waals surface area contributed by atoms with Crippen LogP contribution in [0.2, 0.25) is 0 Å². The van der Waals surface area contributed by atoms with Gasteiger partial charge in [-0.3, -0.25) is 4.79 Å². The normalized spacial score (nSPS) is 12.1. The van der Waals surface area contributed by atoms with Crippen LogP contribution in [-0.4, -0.2) is 38.5 Å². The SMILES string of the molecule is CCNC(=O)C(C)n1nnc(C(=O)O)c1-c1cccs1. The summed E-state index contributed by atoms with van der Waals surface area (Å²) in [6, 6.07) is 2.95. The highest BCUT2D eigenvalue weighted by atomic mass is 32.1. The van der Waals surface area contributed by atoms with Crippen LogP contribution in [0.15, 0.2) is 17.5 Å². The second kappa shape index (κ2) is 5.83. The van der Waals surface area contributed by atoms with E-state index in [0.29, 0.717) is 17.1 Å². The highest BCUT2D eigenvalue weighted by Gasteiger charge is 2.26. The smallest absolute Gasteiger partial charge is 0.358 e. The molecule has 0 saturated heterocycles. The van der Waals surface area contributed by atoms with Gasteiger partial charge in [0.2, 0.25) is 5.91 Å². The standard InChI is InChI=1S/C12H14N4O3S/c1-3-13-11(17)7(2)16-10(8-5-4-6-20-8)9(12(18)19)14-15-16/h4-7H,3H2,1-2H3,(H,13,17)(H,18,19). The van der Waals surface area contributed by atoms with Crippen LogP contribution in [0.25, 0.3) is 10.6 Å². The second-order valence-corrected chi connectivity index (χ2v) is 5.03. The lowest BCUT2D eigenvalue weighted by Gasteiger charge is -2.13. The molecule has 8 heteroatoms. The first-order chi connectivity index (χ1) is 9.56. The van der Waals surface area contributed by atoms with Gasteiger partial charge in [-0.05, 0) is 25.3 Å². The first-order valence-electron chi connectivity index (χ1n) is 6.06. The van der Waals surface area contributed by atoms with Gasteiger partial charge in [-0.1, -0.05) is 11.3 Å². The summed E-state index contributed by atoms with van der Waals surface area (Å²) in [6.45, 7) is 3.97. The third-order valence-corrected chi connectivity index (χ3v) is 3.63. The van der Waals surface area contributed by atoms with E-state index in [0.717, 1.165) is 0 Å². The quantitative estimate of drug-likeness (QED) is 0.868. The van der Waals surface area contributed by atoms with Crippen molar-refractivity contribution in [3.8, 4) is 10.6 Å². The molecule has 106 valence electrons. The minimum Gasteiger partial charge on any atom is -0.476 e. The molecule has 7 nitrogen and oxygen atoms in total. The van der Waals surface area contributed by atoms with E-state index in [1.807, 2.05) is 12.3 Å². The molecule has 2 N–H and O–H groups in total. The van der Waals surface area contributed by atoms with Gasteiger partial charge in [0.15, 0.2) is 5.69 Å². The van der Waals surface area contributed by atoms with Gasteiger partial charge in [0.25, 0.3) is 0 Å². The van der Waals surface area contributed by atoms with Crippen molar-refractivity contribution < 1.29 is 14.7 Å². The Hall–Kier alpha value is -2.22. The molecule has 0 aromatic carbocycles. The van der Waals surface area contributed by atoms with Crippen molar-refractivity contribution in [2.24, 2.45) is 0 Å². The molecule has 1 atom stereocenters. The molecule has 2 aromatic rings. The molecule has 1 unspecified atom stereocenters. The zero-order valence-corrected chi connectivity index (χ0v) is 11.8. The summed E-state index contributed by atoms with van der Waals surface area (Å²) < 4.78 is 1.35. The zero-order chi connectivity index (χ0) is 14.7. The summed E-state index contributed by atoms with van der Waals surface area (Å²) in [5.41, 5.74) is 0.204. The minimum atomic E-state index is -1.16. The second-order valence-electron chi connectivity index (χ2n) is 4.08. The fraction of sp³-hybridized carbons (Fsp3) is 0.333. The Labute approximate surface area is 119 Å². The number of rotatable bonds is 5. The number of aromatic carboxylic acids is 1. The summed E-state index contributed by atoms with van der Waals surface area (Å²) in [4.78, 5) is 23.8. The van der Waals surface area contributed by atoms with E-state index in [1.165, 1.54) is 16.0 Å². The van der Waals surface area contributed by atoms with Gasteiger partial charge in [0.1, 0.15) is 11.7 Å². The molecule has 2 aromatic heterocycles. The van der Waals surface area contributed by atoms with Gasteiger partial charge in [-0.25, -0.2) is 9.48 Å². The molecule has 2 rings (SSSR count). The van der Waals surface area contributed by atoms with Crippen molar-refractivity contribution in [1.82, 2.24) is 20.3 Å². The molecule has 2 heterocycles. The fourth-order valence-electron chi connectivity index (χ4n) is 1.78. The molecular formula is C12H14N4O3S. The molecule has 0 aliphatic rings. The summed E-state index contributed by atoms with van der Waals surface area (Å²) in [5, 5.41) is 21.2. The number of aromatic nitrogens is 3. The third-order valence-electron chi connectivity index (χ3n) is 2.75.